The van der Waals surface area contributed by atoms with Gasteiger partial charge in [0.2, 0.25) is 0 Å². The lowest BCUT2D eigenvalue weighted by atomic mass is 10.0. The number of H-pyrrole nitrogens is 1. The fourth-order valence-electron chi connectivity index (χ4n) is 4.12. The maximum absolute atomic E-state index is 12.9. The van der Waals surface area contributed by atoms with Gasteiger partial charge in [0.15, 0.2) is 5.11 Å². The van der Waals surface area contributed by atoms with Crippen molar-refractivity contribution in [1.29, 1.82) is 0 Å². The maximum atomic E-state index is 12.9. The van der Waals surface area contributed by atoms with E-state index in [1.807, 2.05) is 31.2 Å². The third-order valence-corrected chi connectivity index (χ3v) is 6.25. The van der Waals surface area contributed by atoms with Crippen LogP contribution in [0.2, 0.25) is 0 Å². The van der Waals surface area contributed by atoms with Gasteiger partial charge in [0.25, 0.3) is 5.56 Å². The molecule has 3 aromatic rings. The summed E-state index contributed by atoms with van der Waals surface area (Å²) < 4.78 is 5.86. The second-order valence-corrected chi connectivity index (χ2v) is 8.81. The molecule has 5 nitrogen and oxygen atoms in total. The topological polar surface area (TPSA) is 57.4 Å². The van der Waals surface area contributed by atoms with Crippen LogP contribution < -0.4 is 10.9 Å². The van der Waals surface area contributed by atoms with Gasteiger partial charge in [0.05, 0.1) is 18.2 Å². The van der Waals surface area contributed by atoms with Gasteiger partial charge in [-0.2, -0.15) is 0 Å². The molecule has 0 unspecified atom stereocenters. The highest BCUT2D eigenvalue weighted by Crippen LogP contribution is 2.21. The van der Waals surface area contributed by atoms with Crippen LogP contribution in [-0.4, -0.2) is 34.3 Å². The summed E-state index contributed by atoms with van der Waals surface area (Å²) in [5.74, 6) is 0. The van der Waals surface area contributed by atoms with Gasteiger partial charge in [-0.25, -0.2) is 0 Å². The number of hydrogen-bond donors (Lipinski definition) is 2. The molecule has 0 radical (unpaired) electrons. The van der Waals surface area contributed by atoms with Crippen LogP contribution in [0, 0.1) is 20.8 Å². The van der Waals surface area contributed by atoms with Gasteiger partial charge >= 0.3 is 0 Å². The summed E-state index contributed by atoms with van der Waals surface area (Å²) in [6, 6.07) is 14.3. The highest BCUT2D eigenvalue weighted by molar-refractivity contribution is 7.80. The van der Waals surface area contributed by atoms with Crippen LogP contribution in [-0.2, 0) is 11.3 Å². The van der Waals surface area contributed by atoms with Crippen LogP contribution in [0.3, 0.4) is 0 Å². The largest absolute Gasteiger partial charge is 0.376 e. The third kappa shape index (κ3) is 4.97. The molecule has 0 bridgehead atoms. The van der Waals surface area contributed by atoms with E-state index in [9.17, 15) is 4.79 Å². The van der Waals surface area contributed by atoms with Crippen LogP contribution in [0.1, 0.15) is 35.1 Å². The number of rotatable bonds is 5. The van der Waals surface area contributed by atoms with Crippen molar-refractivity contribution in [2.24, 2.45) is 0 Å². The van der Waals surface area contributed by atoms with Crippen LogP contribution in [0.4, 0.5) is 5.69 Å². The average Bonchev–Trinajstić information content (AvgIpc) is 3.24. The summed E-state index contributed by atoms with van der Waals surface area (Å²) in [5, 5.41) is 5.02. The van der Waals surface area contributed by atoms with Gasteiger partial charge in [-0.1, -0.05) is 24.3 Å². The summed E-state index contributed by atoms with van der Waals surface area (Å²) >= 11 is 5.77. The number of aromatic amines is 1. The summed E-state index contributed by atoms with van der Waals surface area (Å²) in [5.41, 5.74) is 5.85. The number of nitrogens with zero attached hydrogens (tertiary/aromatic N) is 1. The van der Waals surface area contributed by atoms with Crippen LogP contribution in [0.15, 0.2) is 47.3 Å². The Labute approximate surface area is 188 Å². The minimum Gasteiger partial charge on any atom is -0.376 e. The van der Waals surface area contributed by atoms with Gasteiger partial charge < -0.3 is 19.9 Å². The second-order valence-electron chi connectivity index (χ2n) is 8.43. The number of ether oxygens (including phenoxy) is 1. The van der Waals surface area contributed by atoms with Crippen molar-refractivity contribution in [3.8, 4) is 0 Å². The Hall–Kier alpha value is -2.70. The Balaban J connectivity index is 1.63. The van der Waals surface area contributed by atoms with Crippen molar-refractivity contribution in [2.45, 2.75) is 46.3 Å². The molecule has 1 aliphatic rings. The molecule has 1 aliphatic heterocycles. The quantitative estimate of drug-likeness (QED) is 0.562. The van der Waals surface area contributed by atoms with E-state index < -0.39 is 0 Å². The summed E-state index contributed by atoms with van der Waals surface area (Å²) in [6.07, 6.45) is 2.20. The van der Waals surface area contributed by atoms with Gasteiger partial charge in [-0.05, 0) is 80.7 Å². The van der Waals surface area contributed by atoms with Crippen molar-refractivity contribution in [2.75, 3.05) is 18.5 Å². The van der Waals surface area contributed by atoms with Gasteiger partial charge in [0.1, 0.15) is 0 Å². The van der Waals surface area contributed by atoms with E-state index in [0.29, 0.717) is 23.8 Å². The number of hydrogen-bond acceptors (Lipinski definition) is 3. The predicted molar refractivity (Wildman–Crippen MR) is 131 cm³/mol. The van der Waals surface area contributed by atoms with Gasteiger partial charge in [-0.15, -0.1) is 0 Å². The standard InChI is InChI=1S/C25H29N3O2S/c1-16-6-4-7-20(12-16)26-25(31)28(15-21-8-5-11-30-21)14-19-13-22-17(2)9-10-18(3)23(22)27-24(19)29/h4,6-7,9-10,12-13,21H,5,8,11,14-15H2,1-3H3,(H,26,31)(H,27,29)/t21-/m0/s1. The van der Waals surface area contributed by atoms with E-state index in [1.165, 1.54) is 0 Å². The molecule has 0 spiro atoms. The lowest BCUT2D eigenvalue weighted by Gasteiger charge is -2.28. The lowest BCUT2D eigenvalue weighted by Crippen LogP contribution is -2.40. The van der Waals surface area contributed by atoms with Crippen LogP contribution in [0.25, 0.3) is 10.9 Å². The highest BCUT2D eigenvalue weighted by Gasteiger charge is 2.22. The first-order chi connectivity index (χ1) is 14.9. The third-order valence-electron chi connectivity index (χ3n) is 5.89. The zero-order valence-corrected chi connectivity index (χ0v) is 19.1. The minimum atomic E-state index is -0.0723. The number of fused-ring (bicyclic) bond motifs is 1. The second kappa shape index (κ2) is 9.20. The number of anilines is 1. The van der Waals surface area contributed by atoms with E-state index >= 15 is 0 Å². The molecule has 0 saturated carbocycles. The molecule has 2 heterocycles. The molecule has 1 aromatic heterocycles. The molecular formula is C25H29N3O2S. The number of thiocarbonyl (C=S) groups is 1. The lowest BCUT2D eigenvalue weighted by molar-refractivity contribution is 0.0904. The Bertz CT molecular complexity index is 1170. The molecule has 0 amide bonds. The molecule has 0 aliphatic carbocycles. The van der Waals surface area contributed by atoms with E-state index in [-0.39, 0.29) is 11.7 Å². The predicted octanol–water partition coefficient (Wildman–Crippen LogP) is 4.83. The molecule has 1 fully saturated rings. The Morgan fingerprint density at radius 3 is 2.74 bits per heavy atom. The number of pyridine rings is 1. The summed E-state index contributed by atoms with van der Waals surface area (Å²) in [7, 11) is 0. The molecule has 6 heteroatoms. The normalized spacial score (nSPS) is 15.9. The van der Waals surface area contributed by atoms with Gasteiger partial charge in [-0.3, -0.25) is 4.79 Å². The van der Waals surface area contributed by atoms with Crippen LogP contribution >= 0.6 is 12.2 Å². The van der Waals surface area contributed by atoms with E-state index in [1.54, 1.807) is 0 Å². The van der Waals surface area contributed by atoms with Crippen molar-refractivity contribution in [3.63, 3.8) is 0 Å². The van der Waals surface area contributed by atoms with Gasteiger partial charge in [0, 0.05) is 29.8 Å². The first-order valence-corrected chi connectivity index (χ1v) is 11.2. The fraction of sp³-hybridized carbons (Fsp3) is 0.360. The molecule has 1 saturated heterocycles. The minimum absolute atomic E-state index is 0.0723. The average molecular weight is 436 g/mol. The SMILES string of the molecule is Cc1cccc(NC(=S)N(Cc2cc3c(C)ccc(C)c3[nH]c2=O)C[C@@H]2CCCO2)c1. The summed E-state index contributed by atoms with van der Waals surface area (Å²) in [6.45, 7) is 8.00. The molecule has 2 N–H and O–H groups in total. The zero-order chi connectivity index (χ0) is 22.0. The Morgan fingerprint density at radius 1 is 1.19 bits per heavy atom. The number of aromatic nitrogens is 1. The van der Waals surface area contributed by atoms with Crippen molar-refractivity contribution >= 4 is 33.9 Å². The monoisotopic (exact) mass is 435 g/mol. The first-order valence-electron chi connectivity index (χ1n) is 10.8. The van der Waals surface area contributed by atoms with E-state index in [0.717, 1.165) is 52.7 Å². The smallest absolute Gasteiger partial charge is 0.253 e. The number of nitrogens with one attached hydrogen (secondary N) is 2. The molecule has 31 heavy (non-hydrogen) atoms. The first kappa shape index (κ1) is 21.5. The summed E-state index contributed by atoms with van der Waals surface area (Å²) in [4.78, 5) is 18.1. The highest BCUT2D eigenvalue weighted by atomic mass is 32.1. The number of aryl methyl sites for hydroxylation is 3. The molecule has 1 atom stereocenters. The van der Waals surface area contributed by atoms with E-state index in [2.05, 4.69) is 47.2 Å². The van der Waals surface area contributed by atoms with Crippen molar-refractivity contribution in [1.82, 2.24) is 9.88 Å². The van der Waals surface area contributed by atoms with Crippen molar-refractivity contribution < 1.29 is 4.74 Å². The van der Waals surface area contributed by atoms with E-state index in [4.69, 9.17) is 17.0 Å². The molecule has 162 valence electrons. The number of benzene rings is 2. The zero-order valence-electron chi connectivity index (χ0n) is 18.3. The molecular weight excluding hydrogens is 406 g/mol. The van der Waals surface area contributed by atoms with Crippen LogP contribution in [0.5, 0.6) is 0 Å². The Morgan fingerprint density at radius 2 is 2.00 bits per heavy atom. The fourth-order valence-corrected chi connectivity index (χ4v) is 4.38. The molecule has 4 rings (SSSR count). The maximum Gasteiger partial charge on any atom is 0.253 e. The Kier molecular flexibility index (Phi) is 6.39. The molecule has 2 aromatic carbocycles. The van der Waals surface area contributed by atoms with Crippen molar-refractivity contribution in [3.05, 3.63) is 75.1 Å².